The fraction of sp³-hybridized carbons (Fsp3) is 0.500. The van der Waals surface area contributed by atoms with E-state index < -0.39 is 0 Å². The highest BCUT2D eigenvalue weighted by Gasteiger charge is 2.17. The van der Waals surface area contributed by atoms with E-state index in [1.807, 2.05) is 6.07 Å². The van der Waals surface area contributed by atoms with Gasteiger partial charge in [-0.1, -0.05) is 0 Å². The fourth-order valence-electron chi connectivity index (χ4n) is 1.40. The van der Waals surface area contributed by atoms with Crippen molar-refractivity contribution in [2.75, 3.05) is 6.54 Å². The maximum Gasteiger partial charge on any atom is 0.145 e. The van der Waals surface area contributed by atoms with Gasteiger partial charge in [0.1, 0.15) is 5.82 Å². The Bertz CT molecular complexity index is 224. The van der Waals surface area contributed by atoms with Crippen LogP contribution in [0.25, 0.3) is 0 Å². The number of hydrogen-bond donors (Lipinski definition) is 1. The normalized spacial score (nSPS) is 20.2. The molecule has 13 heavy (non-hydrogen) atoms. The van der Waals surface area contributed by atoms with Crippen LogP contribution < -0.4 is 5.32 Å². The summed E-state index contributed by atoms with van der Waals surface area (Å²) in [5.74, 6) is 0.935. The van der Waals surface area contributed by atoms with Gasteiger partial charge >= 0.3 is 0 Å². The van der Waals surface area contributed by atoms with Gasteiger partial charge in [-0.15, -0.1) is 24.8 Å². The van der Waals surface area contributed by atoms with Crippen LogP contribution in [0.4, 0.5) is 0 Å². The van der Waals surface area contributed by atoms with Crippen LogP contribution in [0.3, 0.4) is 0 Å². The van der Waals surface area contributed by atoms with Gasteiger partial charge in [0.2, 0.25) is 0 Å². The summed E-state index contributed by atoms with van der Waals surface area (Å²) in [4.78, 5) is 8.37. The van der Waals surface area contributed by atoms with Crippen molar-refractivity contribution in [3.05, 3.63) is 24.3 Å². The standard InChI is InChI=1S/C8H11N3.2ClH/c1-3-7(9-4-1)8-10-5-2-6-11-8;;/h2,5-7,9H,1,3-4H2;2*1H. The molecule has 1 aromatic rings. The molecule has 74 valence electrons. The van der Waals surface area contributed by atoms with Gasteiger partial charge in [0, 0.05) is 12.4 Å². The van der Waals surface area contributed by atoms with Crippen LogP contribution >= 0.6 is 24.8 Å². The van der Waals surface area contributed by atoms with Crippen molar-refractivity contribution < 1.29 is 0 Å². The fourth-order valence-corrected chi connectivity index (χ4v) is 1.40. The quantitative estimate of drug-likeness (QED) is 0.786. The summed E-state index contributed by atoms with van der Waals surface area (Å²) in [7, 11) is 0. The molecule has 0 amide bonds. The monoisotopic (exact) mass is 221 g/mol. The predicted octanol–water partition coefficient (Wildman–Crippen LogP) is 1.74. The number of halogens is 2. The van der Waals surface area contributed by atoms with Crippen molar-refractivity contribution in [3.8, 4) is 0 Å². The highest BCUT2D eigenvalue weighted by Crippen LogP contribution is 2.18. The minimum Gasteiger partial charge on any atom is -0.307 e. The van der Waals surface area contributed by atoms with Gasteiger partial charge in [0.15, 0.2) is 0 Å². The zero-order valence-electron chi connectivity index (χ0n) is 7.14. The second-order valence-electron chi connectivity index (χ2n) is 2.76. The molecule has 2 rings (SSSR count). The lowest BCUT2D eigenvalue weighted by Gasteiger charge is -2.06. The number of nitrogens with zero attached hydrogens (tertiary/aromatic N) is 2. The molecule has 1 unspecified atom stereocenters. The summed E-state index contributed by atoms with van der Waals surface area (Å²) in [5.41, 5.74) is 0. The van der Waals surface area contributed by atoms with Crippen LogP contribution in [0.5, 0.6) is 0 Å². The Balaban J connectivity index is 0.000000720. The van der Waals surface area contributed by atoms with E-state index in [2.05, 4.69) is 15.3 Å². The highest BCUT2D eigenvalue weighted by atomic mass is 35.5. The second kappa shape index (κ2) is 6.13. The molecule has 1 atom stereocenters. The Morgan fingerprint density at radius 3 is 2.46 bits per heavy atom. The van der Waals surface area contributed by atoms with Crippen molar-refractivity contribution in [2.45, 2.75) is 18.9 Å². The number of aromatic nitrogens is 2. The van der Waals surface area contributed by atoms with E-state index in [-0.39, 0.29) is 24.8 Å². The average molecular weight is 222 g/mol. The third kappa shape index (κ3) is 3.10. The van der Waals surface area contributed by atoms with Crippen LogP contribution in [-0.4, -0.2) is 16.5 Å². The van der Waals surface area contributed by atoms with Gasteiger partial charge in [-0.3, -0.25) is 0 Å². The Labute approximate surface area is 90.2 Å². The van der Waals surface area contributed by atoms with E-state index in [1.165, 1.54) is 12.8 Å². The van der Waals surface area contributed by atoms with E-state index in [4.69, 9.17) is 0 Å². The summed E-state index contributed by atoms with van der Waals surface area (Å²) < 4.78 is 0. The third-order valence-electron chi connectivity index (χ3n) is 1.96. The topological polar surface area (TPSA) is 37.8 Å². The SMILES string of the molecule is Cl.Cl.c1cnc(C2CCCN2)nc1. The Morgan fingerprint density at radius 2 is 1.92 bits per heavy atom. The largest absolute Gasteiger partial charge is 0.307 e. The predicted molar refractivity (Wildman–Crippen MR) is 56.5 cm³/mol. The van der Waals surface area contributed by atoms with E-state index >= 15 is 0 Å². The molecule has 1 N–H and O–H groups in total. The van der Waals surface area contributed by atoms with Gasteiger partial charge in [0.05, 0.1) is 6.04 Å². The molecular weight excluding hydrogens is 209 g/mol. The zero-order valence-corrected chi connectivity index (χ0v) is 8.77. The zero-order chi connectivity index (χ0) is 7.52. The first-order chi connectivity index (χ1) is 5.47. The summed E-state index contributed by atoms with van der Waals surface area (Å²) >= 11 is 0. The maximum atomic E-state index is 4.19. The molecule has 2 heterocycles. The molecule has 3 nitrogen and oxygen atoms in total. The molecule has 0 aromatic carbocycles. The first-order valence-electron chi connectivity index (χ1n) is 3.97. The van der Waals surface area contributed by atoms with Crippen molar-refractivity contribution in [1.29, 1.82) is 0 Å². The lowest BCUT2D eigenvalue weighted by atomic mass is 10.2. The molecule has 1 aromatic heterocycles. The van der Waals surface area contributed by atoms with Crippen LogP contribution in [0.2, 0.25) is 0 Å². The average Bonchev–Trinajstić information content (AvgIpc) is 2.58. The summed E-state index contributed by atoms with van der Waals surface area (Å²) in [6, 6.07) is 2.24. The molecule has 1 aliphatic heterocycles. The lowest BCUT2D eigenvalue weighted by molar-refractivity contribution is 0.604. The number of rotatable bonds is 1. The van der Waals surface area contributed by atoms with E-state index in [9.17, 15) is 0 Å². The first-order valence-corrected chi connectivity index (χ1v) is 3.97. The van der Waals surface area contributed by atoms with Gasteiger partial charge in [-0.2, -0.15) is 0 Å². The third-order valence-corrected chi connectivity index (χ3v) is 1.96. The summed E-state index contributed by atoms with van der Waals surface area (Å²) in [6.07, 6.45) is 6.00. The molecule has 0 spiro atoms. The molecule has 1 fully saturated rings. The van der Waals surface area contributed by atoms with Gasteiger partial charge in [-0.25, -0.2) is 9.97 Å². The van der Waals surface area contributed by atoms with Gasteiger partial charge in [-0.05, 0) is 25.5 Å². The van der Waals surface area contributed by atoms with Crippen LogP contribution in [-0.2, 0) is 0 Å². The molecular formula is C8H13Cl2N3. The summed E-state index contributed by atoms with van der Waals surface area (Å²) in [6.45, 7) is 1.10. The Morgan fingerprint density at radius 1 is 1.23 bits per heavy atom. The van der Waals surface area contributed by atoms with Crippen molar-refractivity contribution >= 4 is 24.8 Å². The molecule has 1 saturated heterocycles. The first kappa shape index (κ1) is 12.6. The van der Waals surface area contributed by atoms with Crippen LogP contribution in [0, 0.1) is 0 Å². The molecule has 0 aliphatic carbocycles. The molecule has 1 aliphatic rings. The van der Waals surface area contributed by atoms with Crippen LogP contribution in [0.1, 0.15) is 24.7 Å². The summed E-state index contributed by atoms with van der Waals surface area (Å²) in [5, 5.41) is 3.35. The van der Waals surface area contributed by atoms with Crippen molar-refractivity contribution in [2.24, 2.45) is 0 Å². The lowest BCUT2D eigenvalue weighted by Crippen LogP contribution is -2.15. The molecule has 0 bridgehead atoms. The van der Waals surface area contributed by atoms with Crippen molar-refractivity contribution in [1.82, 2.24) is 15.3 Å². The Hall–Kier alpha value is -0.380. The Kier molecular flexibility index (Phi) is 5.95. The number of hydrogen-bond acceptors (Lipinski definition) is 3. The highest BCUT2D eigenvalue weighted by molar-refractivity contribution is 5.85. The van der Waals surface area contributed by atoms with E-state index in [1.54, 1.807) is 12.4 Å². The number of nitrogens with one attached hydrogen (secondary N) is 1. The molecule has 0 radical (unpaired) electrons. The smallest absolute Gasteiger partial charge is 0.145 e. The molecule has 0 saturated carbocycles. The minimum absolute atomic E-state index is 0. The maximum absolute atomic E-state index is 4.19. The van der Waals surface area contributed by atoms with E-state index in [0.717, 1.165) is 12.4 Å². The molecule has 5 heteroatoms. The van der Waals surface area contributed by atoms with Gasteiger partial charge < -0.3 is 5.32 Å². The van der Waals surface area contributed by atoms with Crippen LogP contribution in [0.15, 0.2) is 18.5 Å². The second-order valence-corrected chi connectivity index (χ2v) is 2.76. The minimum atomic E-state index is 0. The van der Waals surface area contributed by atoms with E-state index in [0.29, 0.717) is 6.04 Å². The van der Waals surface area contributed by atoms with Gasteiger partial charge in [0.25, 0.3) is 0 Å². The van der Waals surface area contributed by atoms with Crippen molar-refractivity contribution in [3.63, 3.8) is 0 Å².